The number of aliphatic hydroxyl groups is 1. The summed E-state index contributed by atoms with van der Waals surface area (Å²) in [6.07, 6.45) is 6.61. The number of hydrogen-bond donors (Lipinski definition) is 2. The number of para-hydroxylation sites is 2. The lowest BCUT2D eigenvalue weighted by atomic mass is 9.82. The molecule has 0 spiro atoms. The van der Waals surface area contributed by atoms with Gasteiger partial charge in [0.1, 0.15) is 5.69 Å². The molecule has 110 valence electrons. The standard InChI is InChI=1S/C15H22N2O3/c18-11-10-13(12-6-2-1-3-7-12)16-14-8-4-5-9-15(14)17(19)20/h4-5,8-9,12-13,16,18H,1-3,6-7,10-11H2. The summed E-state index contributed by atoms with van der Waals surface area (Å²) in [5.74, 6) is 0.496. The van der Waals surface area contributed by atoms with Crippen molar-refractivity contribution in [2.75, 3.05) is 11.9 Å². The lowest BCUT2D eigenvalue weighted by molar-refractivity contribution is -0.384. The Labute approximate surface area is 119 Å². The summed E-state index contributed by atoms with van der Waals surface area (Å²) < 4.78 is 0. The fourth-order valence-corrected chi connectivity index (χ4v) is 3.06. The Morgan fingerprint density at radius 2 is 2.00 bits per heavy atom. The molecule has 1 unspecified atom stereocenters. The number of nitro benzene ring substituents is 1. The average Bonchev–Trinajstić information content (AvgIpc) is 2.48. The van der Waals surface area contributed by atoms with Crippen LogP contribution in [0.3, 0.4) is 0 Å². The van der Waals surface area contributed by atoms with Gasteiger partial charge < -0.3 is 10.4 Å². The molecule has 0 radical (unpaired) electrons. The molecule has 20 heavy (non-hydrogen) atoms. The van der Waals surface area contributed by atoms with Gasteiger partial charge in [-0.2, -0.15) is 0 Å². The van der Waals surface area contributed by atoms with E-state index < -0.39 is 0 Å². The minimum absolute atomic E-state index is 0.103. The van der Waals surface area contributed by atoms with E-state index in [0.29, 0.717) is 18.0 Å². The molecular formula is C15H22N2O3. The zero-order valence-electron chi connectivity index (χ0n) is 11.6. The predicted octanol–water partition coefficient (Wildman–Crippen LogP) is 3.34. The van der Waals surface area contributed by atoms with Crippen molar-refractivity contribution < 1.29 is 10.0 Å². The third-order valence-corrected chi connectivity index (χ3v) is 4.10. The van der Waals surface area contributed by atoms with Gasteiger partial charge in [0.05, 0.1) is 4.92 Å². The number of nitrogens with one attached hydrogen (secondary N) is 1. The van der Waals surface area contributed by atoms with E-state index in [0.717, 1.165) is 12.8 Å². The van der Waals surface area contributed by atoms with Crippen molar-refractivity contribution >= 4 is 11.4 Å². The number of benzene rings is 1. The number of hydrogen-bond acceptors (Lipinski definition) is 4. The topological polar surface area (TPSA) is 75.4 Å². The lowest BCUT2D eigenvalue weighted by Crippen LogP contribution is -2.32. The molecule has 1 fully saturated rings. The maximum absolute atomic E-state index is 11.1. The molecule has 0 bridgehead atoms. The normalized spacial score (nSPS) is 17.6. The van der Waals surface area contributed by atoms with Gasteiger partial charge in [-0.05, 0) is 31.2 Å². The molecule has 1 atom stereocenters. The second-order valence-electron chi connectivity index (χ2n) is 5.44. The van der Waals surface area contributed by atoms with Crippen LogP contribution in [0.25, 0.3) is 0 Å². The first-order chi connectivity index (χ1) is 9.72. The van der Waals surface area contributed by atoms with Crippen molar-refractivity contribution in [2.24, 2.45) is 5.92 Å². The van der Waals surface area contributed by atoms with Crippen LogP contribution < -0.4 is 5.32 Å². The summed E-state index contributed by atoms with van der Waals surface area (Å²) in [7, 11) is 0. The molecule has 1 saturated carbocycles. The Morgan fingerprint density at radius 1 is 1.30 bits per heavy atom. The molecule has 0 saturated heterocycles. The van der Waals surface area contributed by atoms with Crippen molar-refractivity contribution in [3.05, 3.63) is 34.4 Å². The third-order valence-electron chi connectivity index (χ3n) is 4.10. The molecular weight excluding hydrogens is 256 g/mol. The first-order valence-electron chi connectivity index (χ1n) is 7.33. The monoisotopic (exact) mass is 278 g/mol. The Kier molecular flexibility index (Phi) is 5.35. The van der Waals surface area contributed by atoms with Crippen molar-refractivity contribution in [3.63, 3.8) is 0 Å². The molecule has 0 aromatic heterocycles. The van der Waals surface area contributed by atoms with Crippen molar-refractivity contribution in [1.82, 2.24) is 0 Å². The second-order valence-corrected chi connectivity index (χ2v) is 5.44. The van der Waals surface area contributed by atoms with Crippen LogP contribution in [-0.2, 0) is 0 Å². The Bertz CT molecular complexity index is 444. The van der Waals surface area contributed by atoms with Gasteiger partial charge in [-0.25, -0.2) is 0 Å². The largest absolute Gasteiger partial charge is 0.396 e. The van der Waals surface area contributed by atoms with E-state index in [2.05, 4.69) is 5.32 Å². The molecule has 0 amide bonds. The highest BCUT2D eigenvalue weighted by atomic mass is 16.6. The zero-order chi connectivity index (χ0) is 14.4. The van der Waals surface area contributed by atoms with E-state index in [4.69, 9.17) is 0 Å². The SMILES string of the molecule is O=[N+]([O-])c1ccccc1NC(CCO)C1CCCCC1. The highest BCUT2D eigenvalue weighted by Gasteiger charge is 2.25. The van der Waals surface area contributed by atoms with Crippen LogP contribution in [0.5, 0.6) is 0 Å². The fourth-order valence-electron chi connectivity index (χ4n) is 3.06. The minimum Gasteiger partial charge on any atom is -0.396 e. The summed E-state index contributed by atoms with van der Waals surface area (Å²) in [6.45, 7) is 0.106. The molecule has 0 aliphatic heterocycles. The molecule has 1 aromatic rings. The zero-order valence-corrected chi connectivity index (χ0v) is 11.6. The summed E-state index contributed by atoms with van der Waals surface area (Å²) in [6, 6.07) is 6.84. The quantitative estimate of drug-likeness (QED) is 0.618. The van der Waals surface area contributed by atoms with Gasteiger partial charge in [0.2, 0.25) is 0 Å². The van der Waals surface area contributed by atoms with Crippen LogP contribution in [0.2, 0.25) is 0 Å². The first kappa shape index (κ1) is 14.8. The molecule has 2 N–H and O–H groups in total. The highest BCUT2D eigenvalue weighted by molar-refractivity contribution is 5.61. The minimum atomic E-state index is -0.362. The molecule has 1 aliphatic rings. The van der Waals surface area contributed by atoms with Crippen molar-refractivity contribution in [2.45, 2.75) is 44.6 Å². The van der Waals surface area contributed by atoms with Crippen LogP contribution >= 0.6 is 0 Å². The van der Waals surface area contributed by atoms with Gasteiger partial charge in [0.15, 0.2) is 0 Å². The smallest absolute Gasteiger partial charge is 0.292 e. The van der Waals surface area contributed by atoms with E-state index in [1.807, 2.05) is 0 Å². The van der Waals surface area contributed by atoms with Gasteiger partial charge in [-0.3, -0.25) is 10.1 Å². The predicted molar refractivity (Wildman–Crippen MR) is 78.8 cm³/mol. The summed E-state index contributed by atoms with van der Waals surface area (Å²) in [5, 5.41) is 23.6. The van der Waals surface area contributed by atoms with Crippen LogP contribution in [0.15, 0.2) is 24.3 Å². The molecule has 5 heteroatoms. The number of nitrogens with zero attached hydrogens (tertiary/aromatic N) is 1. The van der Waals surface area contributed by atoms with Crippen LogP contribution in [-0.4, -0.2) is 22.7 Å². The van der Waals surface area contributed by atoms with E-state index >= 15 is 0 Å². The highest BCUT2D eigenvalue weighted by Crippen LogP contribution is 2.32. The molecule has 2 rings (SSSR count). The maximum atomic E-state index is 11.1. The Morgan fingerprint density at radius 3 is 2.65 bits per heavy atom. The first-order valence-corrected chi connectivity index (χ1v) is 7.33. The van der Waals surface area contributed by atoms with Crippen molar-refractivity contribution in [1.29, 1.82) is 0 Å². The van der Waals surface area contributed by atoms with Gasteiger partial charge in [0, 0.05) is 18.7 Å². The van der Waals surface area contributed by atoms with Gasteiger partial charge in [-0.15, -0.1) is 0 Å². The number of anilines is 1. The maximum Gasteiger partial charge on any atom is 0.292 e. The van der Waals surface area contributed by atoms with E-state index in [-0.39, 0.29) is 23.3 Å². The summed E-state index contributed by atoms with van der Waals surface area (Å²) >= 11 is 0. The van der Waals surface area contributed by atoms with E-state index in [9.17, 15) is 15.2 Å². The Hall–Kier alpha value is -1.62. The molecule has 1 aromatic carbocycles. The Balaban J connectivity index is 2.13. The lowest BCUT2D eigenvalue weighted by Gasteiger charge is -2.31. The molecule has 5 nitrogen and oxygen atoms in total. The van der Waals surface area contributed by atoms with Gasteiger partial charge in [0.25, 0.3) is 5.69 Å². The molecule has 0 heterocycles. The number of nitro groups is 1. The van der Waals surface area contributed by atoms with Crippen molar-refractivity contribution in [3.8, 4) is 0 Å². The summed E-state index contributed by atoms with van der Waals surface area (Å²) in [4.78, 5) is 10.7. The van der Waals surface area contributed by atoms with Crippen LogP contribution in [0, 0.1) is 16.0 Å². The number of aliphatic hydroxyl groups excluding tert-OH is 1. The fraction of sp³-hybridized carbons (Fsp3) is 0.600. The number of rotatable bonds is 6. The van der Waals surface area contributed by atoms with E-state index in [1.54, 1.807) is 18.2 Å². The van der Waals surface area contributed by atoms with Crippen LogP contribution in [0.1, 0.15) is 38.5 Å². The van der Waals surface area contributed by atoms with Gasteiger partial charge in [-0.1, -0.05) is 31.4 Å². The van der Waals surface area contributed by atoms with E-state index in [1.165, 1.54) is 25.3 Å². The molecule has 1 aliphatic carbocycles. The van der Waals surface area contributed by atoms with Crippen LogP contribution in [0.4, 0.5) is 11.4 Å². The second kappa shape index (κ2) is 7.24. The summed E-state index contributed by atoms with van der Waals surface area (Å²) in [5.41, 5.74) is 0.660. The van der Waals surface area contributed by atoms with Gasteiger partial charge >= 0.3 is 0 Å². The average molecular weight is 278 g/mol. The third kappa shape index (κ3) is 3.70.